The maximum Gasteiger partial charge on any atom is 0.387 e. The zero-order valence-electron chi connectivity index (χ0n) is 17.2. The Hall–Kier alpha value is -3.08. The van der Waals surface area contributed by atoms with Gasteiger partial charge in [0.05, 0.1) is 10.4 Å². The lowest BCUT2D eigenvalue weighted by atomic mass is 10.0. The molecule has 4 rings (SSSR count). The number of aromatic nitrogens is 2. The fraction of sp³-hybridized carbons (Fsp3) is 0.136. The van der Waals surface area contributed by atoms with Crippen molar-refractivity contribution in [1.29, 1.82) is 0 Å². The Morgan fingerprint density at radius 1 is 1.09 bits per heavy atom. The van der Waals surface area contributed by atoms with Crippen molar-refractivity contribution >= 4 is 33.3 Å². The third kappa shape index (κ3) is 4.97. The van der Waals surface area contributed by atoms with Crippen molar-refractivity contribution in [2.45, 2.75) is 18.1 Å². The second-order valence-electron chi connectivity index (χ2n) is 6.94. The SMILES string of the molecule is CNCc1cn(S(=O)(=O)c2cccc(OC(F)F)c2)c2cc(-c3ccnc(F)c3)ccc12.Cl. The number of nitrogens with zero attached hydrogens (tertiary/aromatic N) is 2. The number of rotatable bonds is 7. The molecule has 2 heterocycles. The summed E-state index contributed by atoms with van der Waals surface area (Å²) in [6.45, 7) is -2.68. The average Bonchev–Trinajstić information content (AvgIpc) is 3.12. The number of benzene rings is 2. The summed E-state index contributed by atoms with van der Waals surface area (Å²) in [7, 11) is -2.42. The first-order chi connectivity index (χ1) is 15.3. The first-order valence-corrected chi connectivity index (χ1v) is 10.9. The van der Waals surface area contributed by atoms with Crippen molar-refractivity contribution in [1.82, 2.24) is 14.3 Å². The highest BCUT2D eigenvalue weighted by atomic mass is 35.5. The van der Waals surface area contributed by atoms with Crippen molar-refractivity contribution in [3.63, 3.8) is 0 Å². The predicted octanol–water partition coefficient (Wildman–Crippen LogP) is 4.82. The summed E-state index contributed by atoms with van der Waals surface area (Å²) >= 11 is 0. The highest BCUT2D eigenvalue weighted by molar-refractivity contribution is 7.90. The van der Waals surface area contributed by atoms with E-state index in [2.05, 4.69) is 15.0 Å². The van der Waals surface area contributed by atoms with Gasteiger partial charge in [0.1, 0.15) is 5.75 Å². The third-order valence-corrected chi connectivity index (χ3v) is 6.54. The number of alkyl halides is 2. The molecule has 0 saturated heterocycles. The molecule has 4 aromatic rings. The molecule has 0 fully saturated rings. The van der Waals surface area contributed by atoms with Crippen LogP contribution in [-0.4, -0.2) is 31.0 Å². The van der Waals surface area contributed by atoms with Crippen LogP contribution in [0.5, 0.6) is 5.75 Å². The van der Waals surface area contributed by atoms with Crippen LogP contribution < -0.4 is 10.1 Å². The second-order valence-corrected chi connectivity index (χ2v) is 8.75. The topological polar surface area (TPSA) is 73.2 Å². The van der Waals surface area contributed by atoms with Crippen LogP contribution >= 0.6 is 12.4 Å². The summed E-state index contributed by atoms with van der Waals surface area (Å²) in [5.74, 6) is -0.918. The van der Waals surface area contributed by atoms with Crippen molar-refractivity contribution in [2.24, 2.45) is 0 Å². The lowest BCUT2D eigenvalue weighted by Crippen LogP contribution is -2.13. The molecule has 0 atom stereocenters. The number of hydrogen-bond acceptors (Lipinski definition) is 5. The first-order valence-electron chi connectivity index (χ1n) is 9.50. The highest BCUT2D eigenvalue weighted by Crippen LogP contribution is 2.31. The summed E-state index contributed by atoms with van der Waals surface area (Å²) in [6.07, 6.45) is 2.81. The molecule has 0 saturated carbocycles. The van der Waals surface area contributed by atoms with Crippen molar-refractivity contribution < 1.29 is 26.3 Å². The van der Waals surface area contributed by atoms with Gasteiger partial charge in [-0.1, -0.05) is 18.2 Å². The molecule has 174 valence electrons. The molecule has 2 aromatic carbocycles. The summed E-state index contributed by atoms with van der Waals surface area (Å²) in [5.41, 5.74) is 2.22. The molecule has 0 radical (unpaired) electrons. The van der Waals surface area contributed by atoms with E-state index in [1.54, 1.807) is 31.3 Å². The van der Waals surface area contributed by atoms with E-state index >= 15 is 0 Å². The Morgan fingerprint density at radius 3 is 2.55 bits per heavy atom. The lowest BCUT2D eigenvalue weighted by molar-refractivity contribution is -0.0499. The van der Waals surface area contributed by atoms with Crippen molar-refractivity contribution in [3.8, 4) is 16.9 Å². The third-order valence-electron chi connectivity index (χ3n) is 4.87. The molecule has 11 heteroatoms. The van der Waals surface area contributed by atoms with Gasteiger partial charge in [-0.3, -0.25) is 0 Å². The minimum absolute atomic E-state index is 0. The minimum atomic E-state index is -4.15. The maximum atomic E-state index is 13.6. The van der Waals surface area contributed by atoms with E-state index in [-0.39, 0.29) is 23.1 Å². The van der Waals surface area contributed by atoms with Gasteiger partial charge in [0.15, 0.2) is 0 Å². The van der Waals surface area contributed by atoms with E-state index in [0.717, 1.165) is 15.6 Å². The number of ether oxygens (including phenoxy) is 1. The smallest absolute Gasteiger partial charge is 0.387 e. The molecular formula is C22H19ClF3N3O3S. The highest BCUT2D eigenvalue weighted by Gasteiger charge is 2.22. The Labute approximate surface area is 194 Å². The van der Waals surface area contributed by atoms with Gasteiger partial charge in [-0.25, -0.2) is 17.4 Å². The molecule has 33 heavy (non-hydrogen) atoms. The van der Waals surface area contributed by atoms with Crippen molar-refractivity contribution in [3.05, 3.63) is 78.5 Å². The summed E-state index contributed by atoms with van der Waals surface area (Å²) in [5, 5.41) is 3.68. The first kappa shape index (κ1) is 24.6. The van der Waals surface area contributed by atoms with Gasteiger partial charge in [0.2, 0.25) is 5.95 Å². The van der Waals surface area contributed by atoms with Crippen LogP contribution in [-0.2, 0) is 16.6 Å². The van der Waals surface area contributed by atoms with Gasteiger partial charge in [-0.15, -0.1) is 12.4 Å². The Morgan fingerprint density at radius 2 is 1.85 bits per heavy atom. The van der Waals surface area contributed by atoms with Gasteiger partial charge in [-0.05, 0) is 48.0 Å². The summed E-state index contributed by atoms with van der Waals surface area (Å²) in [6, 6.07) is 13.0. The molecule has 6 nitrogen and oxygen atoms in total. The van der Waals surface area contributed by atoms with Crippen LogP contribution in [0.25, 0.3) is 22.0 Å². The van der Waals surface area contributed by atoms with E-state index in [9.17, 15) is 21.6 Å². The summed E-state index contributed by atoms with van der Waals surface area (Å²) < 4.78 is 71.1. The standard InChI is InChI=1S/C22H18F3N3O3S.ClH/c1-26-12-16-13-28(32(29,30)18-4-2-3-17(11-18)31-22(24)25)20-9-14(5-6-19(16)20)15-7-8-27-21(23)10-15;/h2-11,13,22,26H,12H2,1H3;1H. The van der Waals surface area contributed by atoms with Gasteiger partial charge in [0, 0.05) is 36.5 Å². The van der Waals surface area contributed by atoms with Gasteiger partial charge in [0.25, 0.3) is 10.0 Å². The normalized spacial score (nSPS) is 11.5. The molecule has 1 N–H and O–H groups in total. The molecular weight excluding hydrogens is 479 g/mol. The zero-order valence-corrected chi connectivity index (χ0v) is 18.8. The van der Waals surface area contributed by atoms with E-state index in [1.807, 2.05) is 0 Å². The maximum absolute atomic E-state index is 13.6. The largest absolute Gasteiger partial charge is 0.435 e. The van der Waals surface area contributed by atoms with Crippen LogP contribution in [0.4, 0.5) is 13.2 Å². The van der Waals surface area contributed by atoms with Gasteiger partial charge < -0.3 is 10.1 Å². The molecule has 0 bridgehead atoms. The molecule has 2 aromatic heterocycles. The number of fused-ring (bicyclic) bond motifs is 1. The van der Waals surface area contributed by atoms with E-state index in [1.165, 1.54) is 36.7 Å². The Bertz CT molecular complexity index is 1390. The molecule has 0 aliphatic rings. The van der Waals surface area contributed by atoms with Crippen LogP contribution in [0.1, 0.15) is 5.56 Å². The zero-order chi connectivity index (χ0) is 22.9. The number of nitrogens with one attached hydrogen (secondary N) is 1. The van der Waals surface area contributed by atoms with Crippen LogP contribution in [0.15, 0.2) is 71.9 Å². The molecule has 0 spiro atoms. The average molecular weight is 498 g/mol. The fourth-order valence-corrected chi connectivity index (χ4v) is 4.90. The minimum Gasteiger partial charge on any atom is -0.435 e. The second kappa shape index (κ2) is 9.82. The van der Waals surface area contributed by atoms with Crippen LogP contribution in [0.2, 0.25) is 0 Å². The van der Waals surface area contributed by atoms with Crippen molar-refractivity contribution in [2.75, 3.05) is 7.05 Å². The van der Waals surface area contributed by atoms with E-state index in [4.69, 9.17) is 0 Å². The predicted molar refractivity (Wildman–Crippen MR) is 121 cm³/mol. The summed E-state index contributed by atoms with van der Waals surface area (Å²) in [4.78, 5) is 3.34. The van der Waals surface area contributed by atoms with E-state index in [0.29, 0.717) is 28.6 Å². The molecule has 0 aliphatic carbocycles. The van der Waals surface area contributed by atoms with Crippen LogP contribution in [0.3, 0.4) is 0 Å². The quantitative estimate of drug-likeness (QED) is 0.370. The van der Waals surface area contributed by atoms with Crippen LogP contribution in [0, 0.1) is 5.95 Å². The molecule has 0 unspecified atom stereocenters. The molecule has 0 amide bonds. The number of pyridine rings is 1. The molecule has 0 aliphatic heterocycles. The van der Waals surface area contributed by atoms with E-state index < -0.39 is 22.6 Å². The Balaban J connectivity index is 0.00000306. The van der Waals surface area contributed by atoms with Gasteiger partial charge in [-0.2, -0.15) is 13.2 Å². The number of halogens is 4. The lowest BCUT2D eigenvalue weighted by Gasteiger charge is -2.11. The monoisotopic (exact) mass is 497 g/mol. The van der Waals surface area contributed by atoms with Gasteiger partial charge >= 0.3 is 6.61 Å². The fourth-order valence-electron chi connectivity index (χ4n) is 3.48. The number of hydrogen-bond donors (Lipinski definition) is 1. The Kier molecular flexibility index (Phi) is 7.31.